The van der Waals surface area contributed by atoms with E-state index in [0.29, 0.717) is 36.5 Å². The van der Waals surface area contributed by atoms with Crippen molar-refractivity contribution in [2.24, 2.45) is 0 Å². The van der Waals surface area contributed by atoms with Crippen LogP contribution in [0, 0.1) is 10.1 Å². The molecule has 8 heteroatoms. The van der Waals surface area contributed by atoms with Gasteiger partial charge in [-0.3, -0.25) is 14.7 Å². The molecular formula is C16H18N4O4. The molecule has 0 saturated carbocycles. The van der Waals surface area contributed by atoms with Crippen molar-refractivity contribution in [1.29, 1.82) is 0 Å². The molecule has 0 N–H and O–H groups in total. The predicted octanol–water partition coefficient (Wildman–Crippen LogP) is 2.91. The monoisotopic (exact) mass is 330 g/mol. The van der Waals surface area contributed by atoms with E-state index >= 15 is 0 Å². The van der Waals surface area contributed by atoms with E-state index in [1.54, 1.807) is 6.20 Å². The number of aryl methyl sites for hydroxylation is 2. The smallest absolute Gasteiger partial charge is 0.408 e. The number of nitrogens with zero attached hydrogens (tertiary/aromatic N) is 4. The third-order valence-corrected chi connectivity index (χ3v) is 3.91. The van der Waals surface area contributed by atoms with E-state index in [9.17, 15) is 14.9 Å². The van der Waals surface area contributed by atoms with Crippen LogP contribution in [0.3, 0.4) is 0 Å². The molecule has 0 aliphatic rings. The quantitative estimate of drug-likeness (QED) is 0.511. The summed E-state index contributed by atoms with van der Waals surface area (Å²) in [7, 11) is 0. The summed E-state index contributed by atoms with van der Waals surface area (Å²) in [6, 6.07) is 4.16. The van der Waals surface area contributed by atoms with Crippen LogP contribution < -0.4 is 5.76 Å². The Kier molecular flexibility index (Phi) is 4.20. The number of hydrogen-bond donors (Lipinski definition) is 0. The number of aromatic nitrogens is 3. The van der Waals surface area contributed by atoms with Gasteiger partial charge < -0.3 is 8.98 Å². The fraction of sp³-hybridized carbons (Fsp3) is 0.375. The van der Waals surface area contributed by atoms with Crippen LogP contribution in [-0.2, 0) is 13.1 Å². The van der Waals surface area contributed by atoms with Crippen molar-refractivity contribution in [3.63, 3.8) is 0 Å². The van der Waals surface area contributed by atoms with Gasteiger partial charge in [-0.1, -0.05) is 13.8 Å². The zero-order valence-electron chi connectivity index (χ0n) is 13.5. The predicted molar refractivity (Wildman–Crippen MR) is 88.1 cm³/mol. The Labute approximate surface area is 137 Å². The zero-order valence-corrected chi connectivity index (χ0v) is 13.5. The maximum absolute atomic E-state index is 12.0. The van der Waals surface area contributed by atoms with Crippen molar-refractivity contribution in [3.8, 4) is 0 Å². The number of benzene rings is 1. The third kappa shape index (κ3) is 2.94. The molecule has 0 fully saturated rings. The van der Waals surface area contributed by atoms with E-state index in [-0.39, 0.29) is 5.69 Å². The van der Waals surface area contributed by atoms with Gasteiger partial charge in [-0.15, -0.1) is 0 Å². The number of non-ortho nitro benzene ring substituents is 1. The lowest BCUT2D eigenvalue weighted by Crippen LogP contribution is -2.16. The van der Waals surface area contributed by atoms with Gasteiger partial charge in [0.1, 0.15) is 5.82 Å². The fourth-order valence-electron chi connectivity index (χ4n) is 2.79. The first-order chi connectivity index (χ1) is 11.5. The van der Waals surface area contributed by atoms with Gasteiger partial charge in [-0.05, 0) is 12.5 Å². The molecule has 2 aromatic heterocycles. The molecule has 3 aromatic rings. The van der Waals surface area contributed by atoms with Gasteiger partial charge in [0.25, 0.3) is 5.69 Å². The highest BCUT2D eigenvalue weighted by atomic mass is 16.6. The molecule has 2 heterocycles. The van der Waals surface area contributed by atoms with Gasteiger partial charge in [0.05, 0.1) is 10.4 Å². The number of hydrogen-bond acceptors (Lipinski definition) is 5. The molecule has 1 aromatic carbocycles. The van der Waals surface area contributed by atoms with Gasteiger partial charge in [0.2, 0.25) is 0 Å². The molecule has 0 bridgehead atoms. The molecule has 8 nitrogen and oxygen atoms in total. The van der Waals surface area contributed by atoms with Crippen LogP contribution in [0.25, 0.3) is 11.1 Å². The summed E-state index contributed by atoms with van der Waals surface area (Å²) in [4.78, 5) is 26.8. The topological polar surface area (TPSA) is 96.1 Å². The molecule has 126 valence electrons. The molecule has 24 heavy (non-hydrogen) atoms. The van der Waals surface area contributed by atoms with E-state index in [1.165, 1.54) is 22.8 Å². The first-order valence-electron chi connectivity index (χ1n) is 7.76. The third-order valence-electron chi connectivity index (χ3n) is 3.91. The first-order valence-corrected chi connectivity index (χ1v) is 7.76. The fourth-order valence-corrected chi connectivity index (χ4v) is 2.79. The second-order valence-electron chi connectivity index (χ2n) is 5.92. The van der Waals surface area contributed by atoms with Crippen LogP contribution in [0.5, 0.6) is 0 Å². The largest absolute Gasteiger partial charge is 0.419 e. The Morgan fingerprint density at radius 3 is 2.83 bits per heavy atom. The highest BCUT2D eigenvalue weighted by Gasteiger charge is 2.14. The van der Waals surface area contributed by atoms with Crippen LogP contribution >= 0.6 is 0 Å². The number of rotatable bonds is 6. The minimum absolute atomic E-state index is 0.0613. The second kappa shape index (κ2) is 6.31. The Morgan fingerprint density at radius 2 is 2.12 bits per heavy atom. The molecule has 0 saturated heterocycles. The van der Waals surface area contributed by atoms with E-state index in [1.807, 2.05) is 6.20 Å². The molecule has 0 atom stereocenters. The molecule has 0 radical (unpaired) electrons. The van der Waals surface area contributed by atoms with Gasteiger partial charge in [0, 0.05) is 43.5 Å². The van der Waals surface area contributed by atoms with E-state index in [4.69, 9.17) is 4.42 Å². The lowest BCUT2D eigenvalue weighted by molar-refractivity contribution is -0.384. The SMILES string of the molecule is CC(C)c1nccn1CCCn1c(=O)oc2ccc([N+](=O)[O-])cc21. The van der Waals surface area contributed by atoms with Crippen LogP contribution in [0.15, 0.2) is 39.8 Å². The normalized spacial score (nSPS) is 11.5. The standard InChI is InChI=1S/C16H18N4O4/c1-11(2)15-17-6-9-18(15)7-3-8-19-13-10-12(20(22)23)4-5-14(13)24-16(19)21/h4-6,9-11H,3,7-8H2,1-2H3. The molecule has 0 aliphatic carbocycles. The molecule has 3 rings (SSSR count). The summed E-state index contributed by atoms with van der Waals surface area (Å²) in [6.45, 7) is 5.28. The Balaban J connectivity index is 1.81. The van der Waals surface area contributed by atoms with E-state index in [0.717, 1.165) is 5.82 Å². The summed E-state index contributed by atoms with van der Waals surface area (Å²) in [5.41, 5.74) is 0.744. The molecule has 0 amide bonds. The molecule has 0 aliphatic heterocycles. The zero-order chi connectivity index (χ0) is 17.3. The highest BCUT2D eigenvalue weighted by molar-refractivity contribution is 5.75. The molecular weight excluding hydrogens is 312 g/mol. The number of imidazole rings is 1. The summed E-state index contributed by atoms with van der Waals surface area (Å²) >= 11 is 0. The number of oxazole rings is 1. The van der Waals surface area contributed by atoms with Crippen LogP contribution in [0.1, 0.15) is 32.0 Å². The van der Waals surface area contributed by atoms with Gasteiger partial charge in [-0.25, -0.2) is 9.78 Å². The summed E-state index contributed by atoms with van der Waals surface area (Å²) < 4.78 is 8.64. The van der Waals surface area contributed by atoms with Gasteiger partial charge >= 0.3 is 5.76 Å². The van der Waals surface area contributed by atoms with Crippen LogP contribution in [0.4, 0.5) is 5.69 Å². The van der Waals surface area contributed by atoms with Gasteiger partial charge in [0.15, 0.2) is 5.58 Å². The summed E-state index contributed by atoms with van der Waals surface area (Å²) in [5.74, 6) is 0.815. The summed E-state index contributed by atoms with van der Waals surface area (Å²) in [6.07, 6.45) is 4.36. The number of fused-ring (bicyclic) bond motifs is 1. The van der Waals surface area contributed by atoms with Gasteiger partial charge in [-0.2, -0.15) is 0 Å². The van der Waals surface area contributed by atoms with Crippen molar-refractivity contribution in [2.75, 3.05) is 0 Å². The van der Waals surface area contributed by atoms with Crippen LogP contribution in [0.2, 0.25) is 0 Å². The first kappa shape index (κ1) is 16.0. The molecule has 0 unspecified atom stereocenters. The highest BCUT2D eigenvalue weighted by Crippen LogP contribution is 2.20. The lowest BCUT2D eigenvalue weighted by Gasteiger charge is -2.10. The average molecular weight is 330 g/mol. The lowest BCUT2D eigenvalue weighted by atomic mass is 10.2. The molecule has 0 spiro atoms. The van der Waals surface area contributed by atoms with Crippen molar-refractivity contribution >= 4 is 16.8 Å². The Morgan fingerprint density at radius 1 is 1.33 bits per heavy atom. The number of nitro benzene ring substituents is 1. The maximum atomic E-state index is 12.0. The maximum Gasteiger partial charge on any atom is 0.419 e. The minimum atomic E-state index is -0.500. The van der Waals surface area contributed by atoms with Crippen molar-refractivity contribution in [1.82, 2.24) is 14.1 Å². The second-order valence-corrected chi connectivity index (χ2v) is 5.92. The van der Waals surface area contributed by atoms with Crippen molar-refractivity contribution in [2.45, 2.75) is 39.3 Å². The average Bonchev–Trinajstić information content (AvgIpc) is 3.11. The number of nitro groups is 1. The van der Waals surface area contributed by atoms with Crippen LogP contribution in [-0.4, -0.2) is 19.0 Å². The van der Waals surface area contributed by atoms with E-state index < -0.39 is 10.7 Å². The van der Waals surface area contributed by atoms with Crippen molar-refractivity contribution < 1.29 is 9.34 Å². The Bertz CT molecular complexity index is 935. The van der Waals surface area contributed by atoms with Crippen molar-refractivity contribution in [3.05, 3.63) is 57.1 Å². The minimum Gasteiger partial charge on any atom is -0.408 e. The Hall–Kier alpha value is -2.90. The van der Waals surface area contributed by atoms with E-state index in [2.05, 4.69) is 23.4 Å². The summed E-state index contributed by atoms with van der Waals surface area (Å²) in [5, 5.41) is 10.9.